The summed E-state index contributed by atoms with van der Waals surface area (Å²) < 4.78 is 2.66. The molecular formula is C25H35N5O5. The van der Waals surface area contributed by atoms with E-state index in [1.54, 1.807) is 31.7 Å². The third-order valence-electron chi connectivity index (χ3n) is 6.65. The number of likely N-dealkylation sites (tertiary alicyclic amines) is 1. The molecule has 2 fully saturated rings. The SMILES string of the molecule is Cc1nn2c(O)c(C(=O)NC3CC3)c(=O)n(CC(C)C)c2c1C=CC(=O)N1CCCC1C(C)(C)O. The average molecular weight is 486 g/mol. The molecule has 0 spiro atoms. The van der Waals surface area contributed by atoms with Gasteiger partial charge in [0.05, 0.1) is 17.3 Å². The van der Waals surface area contributed by atoms with Crippen LogP contribution in [0, 0.1) is 12.8 Å². The number of fused-ring (bicyclic) bond motifs is 1. The number of aryl methyl sites for hydroxylation is 1. The zero-order chi connectivity index (χ0) is 25.7. The Hall–Kier alpha value is -3.14. The smallest absolute Gasteiger partial charge is 0.270 e. The minimum Gasteiger partial charge on any atom is -0.492 e. The minimum atomic E-state index is -1.01. The van der Waals surface area contributed by atoms with E-state index in [0.717, 1.165) is 25.7 Å². The Kier molecular flexibility index (Phi) is 6.52. The van der Waals surface area contributed by atoms with Gasteiger partial charge in [0.2, 0.25) is 11.8 Å². The van der Waals surface area contributed by atoms with Gasteiger partial charge in [-0.25, -0.2) is 0 Å². The molecule has 0 aromatic carbocycles. The second-order valence-electron chi connectivity index (χ2n) is 10.7. The van der Waals surface area contributed by atoms with Crippen LogP contribution in [0.15, 0.2) is 10.9 Å². The lowest BCUT2D eigenvalue weighted by Crippen LogP contribution is -2.47. The molecule has 1 saturated carbocycles. The van der Waals surface area contributed by atoms with Crippen molar-refractivity contribution in [2.45, 2.75) is 84.5 Å². The first-order chi connectivity index (χ1) is 16.4. The van der Waals surface area contributed by atoms with Gasteiger partial charge in [0, 0.05) is 30.8 Å². The fourth-order valence-electron chi connectivity index (χ4n) is 4.80. The number of amides is 2. The Morgan fingerprint density at radius 2 is 1.94 bits per heavy atom. The zero-order valence-corrected chi connectivity index (χ0v) is 21.0. The molecule has 1 aliphatic carbocycles. The van der Waals surface area contributed by atoms with E-state index in [4.69, 9.17) is 0 Å². The first kappa shape index (κ1) is 25.0. The molecule has 2 amide bonds. The van der Waals surface area contributed by atoms with Crippen molar-refractivity contribution in [3.63, 3.8) is 0 Å². The van der Waals surface area contributed by atoms with Crippen LogP contribution in [-0.2, 0) is 11.3 Å². The van der Waals surface area contributed by atoms with Crippen LogP contribution in [-0.4, -0.2) is 65.3 Å². The van der Waals surface area contributed by atoms with Gasteiger partial charge < -0.3 is 20.4 Å². The summed E-state index contributed by atoms with van der Waals surface area (Å²) in [7, 11) is 0. The van der Waals surface area contributed by atoms with Gasteiger partial charge in [-0.15, -0.1) is 0 Å². The van der Waals surface area contributed by atoms with E-state index >= 15 is 0 Å². The van der Waals surface area contributed by atoms with E-state index in [1.165, 1.54) is 15.2 Å². The van der Waals surface area contributed by atoms with Crippen molar-refractivity contribution >= 4 is 23.5 Å². The molecule has 1 saturated heterocycles. The molecular weight excluding hydrogens is 450 g/mol. The normalized spacial score (nSPS) is 18.8. The van der Waals surface area contributed by atoms with Crippen LogP contribution in [0.3, 0.4) is 0 Å². The molecule has 190 valence electrons. The van der Waals surface area contributed by atoms with Crippen LogP contribution in [0.2, 0.25) is 0 Å². The number of hydrogen-bond acceptors (Lipinski definition) is 6. The second-order valence-corrected chi connectivity index (χ2v) is 10.7. The Bertz CT molecular complexity index is 1250. The number of hydrogen-bond donors (Lipinski definition) is 3. The lowest BCUT2D eigenvalue weighted by molar-refractivity contribution is -0.131. The van der Waals surface area contributed by atoms with Crippen LogP contribution >= 0.6 is 0 Å². The molecule has 4 rings (SSSR count). The summed E-state index contributed by atoms with van der Waals surface area (Å²) in [4.78, 5) is 40.9. The quantitative estimate of drug-likeness (QED) is 0.513. The van der Waals surface area contributed by atoms with Crippen molar-refractivity contribution in [2.75, 3.05) is 6.54 Å². The number of aliphatic hydroxyl groups is 1. The van der Waals surface area contributed by atoms with Crippen LogP contribution in [0.4, 0.5) is 0 Å². The lowest BCUT2D eigenvalue weighted by atomic mass is 9.96. The van der Waals surface area contributed by atoms with Gasteiger partial charge in [-0.05, 0) is 58.4 Å². The van der Waals surface area contributed by atoms with E-state index < -0.39 is 22.9 Å². The Balaban J connectivity index is 1.79. The summed E-state index contributed by atoms with van der Waals surface area (Å²) in [6.07, 6.45) is 6.26. The summed E-state index contributed by atoms with van der Waals surface area (Å²) in [5, 5.41) is 28.5. The van der Waals surface area contributed by atoms with Gasteiger partial charge in [0.1, 0.15) is 5.65 Å². The third-order valence-corrected chi connectivity index (χ3v) is 6.65. The van der Waals surface area contributed by atoms with Crippen molar-refractivity contribution in [1.29, 1.82) is 0 Å². The standard InChI is InChI=1S/C25H35N5O5/c1-14(2)13-29-22-17(10-11-19(31)28-12-6-7-18(28)25(4,5)35)15(3)27-30(22)24(34)20(23(29)33)21(32)26-16-8-9-16/h10-11,14,16,18,34-35H,6-9,12-13H2,1-5H3,(H,26,32). The van der Waals surface area contributed by atoms with Gasteiger partial charge >= 0.3 is 0 Å². The van der Waals surface area contributed by atoms with Crippen molar-refractivity contribution in [2.24, 2.45) is 5.92 Å². The number of carbonyl (C=O) groups is 2. The Morgan fingerprint density at radius 3 is 2.54 bits per heavy atom. The maximum absolute atomic E-state index is 13.4. The predicted molar refractivity (Wildman–Crippen MR) is 131 cm³/mol. The molecule has 0 bridgehead atoms. The molecule has 1 atom stereocenters. The second kappa shape index (κ2) is 9.14. The molecule has 1 unspecified atom stereocenters. The highest BCUT2D eigenvalue weighted by Gasteiger charge is 2.37. The molecule has 2 aromatic rings. The molecule has 10 nitrogen and oxygen atoms in total. The van der Waals surface area contributed by atoms with E-state index in [-0.39, 0.29) is 29.5 Å². The number of aromatic hydroxyl groups is 1. The van der Waals surface area contributed by atoms with Crippen molar-refractivity contribution in [1.82, 2.24) is 24.4 Å². The Labute approximate surface area is 204 Å². The molecule has 10 heteroatoms. The van der Waals surface area contributed by atoms with E-state index in [2.05, 4.69) is 10.4 Å². The molecule has 2 aliphatic rings. The van der Waals surface area contributed by atoms with Gasteiger partial charge in [-0.3, -0.25) is 19.0 Å². The topological polar surface area (TPSA) is 129 Å². The maximum Gasteiger partial charge on any atom is 0.270 e. The van der Waals surface area contributed by atoms with Crippen LogP contribution in [0.25, 0.3) is 11.7 Å². The highest BCUT2D eigenvalue weighted by atomic mass is 16.3. The highest BCUT2D eigenvalue weighted by Crippen LogP contribution is 2.28. The molecule has 1 aliphatic heterocycles. The summed E-state index contributed by atoms with van der Waals surface area (Å²) in [5.41, 5.74) is -0.595. The minimum absolute atomic E-state index is 0.0257. The largest absolute Gasteiger partial charge is 0.492 e. The van der Waals surface area contributed by atoms with Gasteiger partial charge in [-0.2, -0.15) is 9.61 Å². The Morgan fingerprint density at radius 1 is 1.26 bits per heavy atom. The molecule has 3 heterocycles. The number of aromatic nitrogens is 3. The molecule has 2 aromatic heterocycles. The zero-order valence-electron chi connectivity index (χ0n) is 21.0. The third kappa shape index (κ3) is 4.84. The summed E-state index contributed by atoms with van der Waals surface area (Å²) >= 11 is 0. The molecule has 0 radical (unpaired) electrons. The molecule has 35 heavy (non-hydrogen) atoms. The monoisotopic (exact) mass is 485 g/mol. The van der Waals surface area contributed by atoms with Crippen molar-refractivity contribution < 1.29 is 19.8 Å². The van der Waals surface area contributed by atoms with Crippen molar-refractivity contribution in [3.05, 3.63) is 33.3 Å². The van der Waals surface area contributed by atoms with Crippen LogP contribution < -0.4 is 10.9 Å². The van der Waals surface area contributed by atoms with Gasteiger partial charge in [0.25, 0.3) is 11.5 Å². The van der Waals surface area contributed by atoms with E-state index in [9.17, 15) is 24.6 Å². The average Bonchev–Trinajstić information content (AvgIpc) is 3.29. The summed E-state index contributed by atoms with van der Waals surface area (Å²) in [6.45, 7) is 9.89. The fourth-order valence-corrected chi connectivity index (χ4v) is 4.80. The van der Waals surface area contributed by atoms with Gasteiger partial charge in [0.15, 0.2) is 5.56 Å². The highest BCUT2D eigenvalue weighted by molar-refractivity contribution is 5.97. The van der Waals surface area contributed by atoms with E-state index in [0.29, 0.717) is 30.0 Å². The first-order valence-corrected chi connectivity index (χ1v) is 12.3. The predicted octanol–water partition coefficient (Wildman–Crippen LogP) is 1.83. The first-order valence-electron chi connectivity index (χ1n) is 12.3. The lowest BCUT2D eigenvalue weighted by Gasteiger charge is -2.33. The van der Waals surface area contributed by atoms with Gasteiger partial charge in [-0.1, -0.05) is 13.8 Å². The van der Waals surface area contributed by atoms with Crippen molar-refractivity contribution in [3.8, 4) is 5.88 Å². The molecule has 3 N–H and O–H groups in total. The number of rotatable bonds is 7. The fraction of sp³-hybridized carbons (Fsp3) is 0.600. The summed E-state index contributed by atoms with van der Waals surface area (Å²) in [6, 6.07) is -0.252. The number of nitrogens with zero attached hydrogens (tertiary/aromatic N) is 4. The number of carbonyl (C=O) groups excluding carboxylic acids is 2. The number of nitrogens with one attached hydrogen (secondary N) is 1. The van der Waals surface area contributed by atoms with Crippen LogP contribution in [0.5, 0.6) is 5.88 Å². The van der Waals surface area contributed by atoms with E-state index in [1.807, 2.05) is 13.8 Å². The maximum atomic E-state index is 13.4. The summed E-state index contributed by atoms with van der Waals surface area (Å²) in [5.74, 6) is -1.29. The van der Waals surface area contributed by atoms with Crippen LogP contribution in [0.1, 0.15) is 75.0 Å².